The molecule has 2 saturated carbocycles. The maximum atomic E-state index is 11.3. The Morgan fingerprint density at radius 1 is 1.32 bits per heavy atom. The molecule has 2 bridgehead atoms. The molecule has 2 fully saturated rings. The average molecular weight is 302 g/mol. The number of nitrogens with one attached hydrogen (secondary N) is 1. The summed E-state index contributed by atoms with van der Waals surface area (Å²) < 4.78 is 0. The zero-order chi connectivity index (χ0) is 15.7. The Hall–Kier alpha value is -1.58. The van der Waals surface area contributed by atoms with Crippen LogP contribution in [0.1, 0.15) is 49.9 Å². The third-order valence-electron chi connectivity index (χ3n) is 6.10. The van der Waals surface area contributed by atoms with Crippen molar-refractivity contribution in [3.05, 3.63) is 24.0 Å². The number of carboxylic acid groups (broad SMARTS) is 1. The van der Waals surface area contributed by atoms with Crippen LogP contribution in [0.15, 0.2) is 18.5 Å². The van der Waals surface area contributed by atoms with Crippen LogP contribution in [0.25, 0.3) is 0 Å². The van der Waals surface area contributed by atoms with Gasteiger partial charge in [0.25, 0.3) is 0 Å². The van der Waals surface area contributed by atoms with Crippen molar-refractivity contribution in [2.45, 2.75) is 39.5 Å². The van der Waals surface area contributed by atoms with Crippen molar-refractivity contribution in [2.24, 2.45) is 29.6 Å². The van der Waals surface area contributed by atoms with E-state index >= 15 is 0 Å². The van der Waals surface area contributed by atoms with E-state index < -0.39 is 5.97 Å². The molecule has 22 heavy (non-hydrogen) atoms. The molecule has 120 valence electrons. The van der Waals surface area contributed by atoms with Gasteiger partial charge in [0.05, 0.1) is 17.4 Å². The Bertz CT molecular complexity index is 544. The molecule has 5 unspecified atom stereocenters. The van der Waals surface area contributed by atoms with Crippen LogP contribution in [0.4, 0.5) is 5.69 Å². The van der Waals surface area contributed by atoms with Crippen LogP contribution in [0.5, 0.6) is 0 Å². The minimum absolute atomic E-state index is 0.314. The van der Waals surface area contributed by atoms with Crippen molar-refractivity contribution in [1.29, 1.82) is 0 Å². The lowest BCUT2D eigenvalue weighted by Gasteiger charge is -2.46. The topological polar surface area (TPSA) is 62.2 Å². The highest BCUT2D eigenvalue weighted by Gasteiger charge is 2.39. The zero-order valence-corrected chi connectivity index (χ0v) is 13.5. The van der Waals surface area contributed by atoms with E-state index in [0.29, 0.717) is 17.2 Å². The van der Waals surface area contributed by atoms with E-state index in [1.807, 2.05) is 0 Å². The molecule has 0 saturated heterocycles. The molecule has 2 aliphatic rings. The van der Waals surface area contributed by atoms with Gasteiger partial charge in [-0.05, 0) is 61.3 Å². The normalized spacial score (nSPS) is 34.2. The standard InChI is InChI=1S/C18H26N2O2/c1-11-7-15-8-13(12(11)2)3-4-14(15)9-20-17-10-19-6-5-16(17)18(21)22/h5-6,10-15,20H,3-4,7-9H2,1-2H3,(H,21,22). The Morgan fingerprint density at radius 3 is 2.91 bits per heavy atom. The second-order valence-corrected chi connectivity index (χ2v) is 7.27. The molecular formula is C18H26N2O2. The summed E-state index contributed by atoms with van der Waals surface area (Å²) >= 11 is 0. The van der Waals surface area contributed by atoms with Crippen LogP contribution < -0.4 is 5.32 Å². The number of aromatic nitrogens is 1. The van der Waals surface area contributed by atoms with Crippen molar-refractivity contribution < 1.29 is 9.90 Å². The molecule has 4 heteroatoms. The Kier molecular flexibility index (Phi) is 4.37. The first kappa shape index (κ1) is 15.3. The summed E-state index contributed by atoms with van der Waals surface area (Å²) in [6.45, 7) is 5.67. The lowest BCUT2D eigenvalue weighted by Crippen LogP contribution is -2.39. The van der Waals surface area contributed by atoms with Crippen LogP contribution in [-0.2, 0) is 0 Å². The highest BCUT2D eigenvalue weighted by Crippen LogP contribution is 2.48. The van der Waals surface area contributed by atoms with Gasteiger partial charge in [-0.15, -0.1) is 0 Å². The first-order valence-electron chi connectivity index (χ1n) is 8.47. The highest BCUT2D eigenvalue weighted by molar-refractivity contribution is 5.93. The fraction of sp³-hybridized carbons (Fsp3) is 0.667. The third kappa shape index (κ3) is 2.96. The van der Waals surface area contributed by atoms with Crippen LogP contribution >= 0.6 is 0 Å². The number of rotatable bonds is 4. The molecule has 4 nitrogen and oxygen atoms in total. The quantitative estimate of drug-likeness (QED) is 0.885. The number of anilines is 1. The summed E-state index contributed by atoms with van der Waals surface area (Å²) in [5, 5.41) is 12.6. The van der Waals surface area contributed by atoms with Gasteiger partial charge in [0, 0.05) is 12.7 Å². The molecule has 1 aromatic rings. The first-order valence-corrected chi connectivity index (χ1v) is 8.47. The molecule has 0 radical (unpaired) electrons. The van der Waals surface area contributed by atoms with E-state index in [0.717, 1.165) is 30.2 Å². The molecule has 0 spiro atoms. The summed E-state index contributed by atoms with van der Waals surface area (Å²) in [5.74, 6) is 3.14. The monoisotopic (exact) mass is 302 g/mol. The first-order chi connectivity index (χ1) is 10.6. The largest absolute Gasteiger partial charge is 0.478 e. The van der Waals surface area contributed by atoms with Gasteiger partial charge in [0.2, 0.25) is 0 Å². The summed E-state index contributed by atoms with van der Waals surface area (Å²) in [7, 11) is 0. The number of fused-ring (bicyclic) bond motifs is 2. The maximum Gasteiger partial charge on any atom is 0.337 e. The van der Waals surface area contributed by atoms with Gasteiger partial charge in [-0.1, -0.05) is 13.8 Å². The van der Waals surface area contributed by atoms with Crippen LogP contribution in [0.2, 0.25) is 0 Å². The molecule has 1 heterocycles. The van der Waals surface area contributed by atoms with Crippen molar-refractivity contribution >= 4 is 11.7 Å². The molecule has 2 N–H and O–H groups in total. The molecule has 5 atom stereocenters. The fourth-order valence-corrected chi connectivity index (χ4v) is 4.52. The predicted octanol–water partition coefficient (Wildman–Crippen LogP) is 3.90. The average Bonchev–Trinajstić information content (AvgIpc) is 2.52. The molecule has 0 aliphatic heterocycles. The minimum atomic E-state index is -0.895. The van der Waals surface area contributed by atoms with Gasteiger partial charge in [-0.25, -0.2) is 4.79 Å². The number of hydrogen-bond acceptors (Lipinski definition) is 3. The van der Waals surface area contributed by atoms with E-state index in [2.05, 4.69) is 24.1 Å². The molecule has 3 rings (SSSR count). The van der Waals surface area contributed by atoms with E-state index in [9.17, 15) is 9.90 Å². The number of hydrogen-bond donors (Lipinski definition) is 2. The predicted molar refractivity (Wildman–Crippen MR) is 87.0 cm³/mol. The van der Waals surface area contributed by atoms with Crippen LogP contribution in [-0.4, -0.2) is 22.6 Å². The van der Waals surface area contributed by atoms with E-state index in [1.165, 1.54) is 31.9 Å². The number of carboxylic acids is 1. The number of carbonyl (C=O) groups is 1. The van der Waals surface area contributed by atoms with E-state index in [1.54, 1.807) is 12.3 Å². The smallest absolute Gasteiger partial charge is 0.337 e. The third-order valence-corrected chi connectivity index (χ3v) is 6.10. The van der Waals surface area contributed by atoms with Crippen molar-refractivity contribution in [2.75, 3.05) is 11.9 Å². The second-order valence-electron chi connectivity index (χ2n) is 7.27. The zero-order valence-electron chi connectivity index (χ0n) is 13.5. The Balaban J connectivity index is 1.64. The molecule has 1 aromatic heterocycles. The van der Waals surface area contributed by atoms with Gasteiger partial charge in [-0.3, -0.25) is 4.98 Å². The van der Waals surface area contributed by atoms with Gasteiger partial charge < -0.3 is 10.4 Å². The van der Waals surface area contributed by atoms with Gasteiger partial charge in [-0.2, -0.15) is 0 Å². The SMILES string of the molecule is CC1CC2CC(CCC2CNc2cnccc2C(=O)O)C1C. The Morgan fingerprint density at radius 2 is 2.14 bits per heavy atom. The molecule has 0 aromatic carbocycles. The molecule has 0 amide bonds. The second kappa shape index (κ2) is 6.27. The summed E-state index contributed by atoms with van der Waals surface area (Å²) in [4.78, 5) is 15.3. The number of aromatic carboxylic acids is 1. The Labute approximate surface area is 132 Å². The molecule has 2 aliphatic carbocycles. The van der Waals surface area contributed by atoms with Gasteiger partial charge in [0.1, 0.15) is 0 Å². The van der Waals surface area contributed by atoms with Crippen molar-refractivity contribution in [1.82, 2.24) is 4.98 Å². The highest BCUT2D eigenvalue weighted by atomic mass is 16.4. The lowest BCUT2D eigenvalue weighted by molar-refractivity contribution is 0.0460. The van der Waals surface area contributed by atoms with E-state index in [-0.39, 0.29) is 0 Å². The van der Waals surface area contributed by atoms with Crippen molar-refractivity contribution in [3.63, 3.8) is 0 Å². The van der Waals surface area contributed by atoms with Crippen LogP contribution in [0, 0.1) is 29.6 Å². The number of nitrogens with zero attached hydrogens (tertiary/aromatic N) is 1. The van der Waals surface area contributed by atoms with Crippen LogP contribution in [0.3, 0.4) is 0 Å². The van der Waals surface area contributed by atoms with E-state index in [4.69, 9.17) is 0 Å². The molecular weight excluding hydrogens is 276 g/mol. The fourth-order valence-electron chi connectivity index (χ4n) is 4.52. The minimum Gasteiger partial charge on any atom is -0.478 e. The maximum absolute atomic E-state index is 11.3. The lowest BCUT2D eigenvalue weighted by atomic mass is 9.60. The summed E-state index contributed by atoms with van der Waals surface area (Å²) in [5.41, 5.74) is 0.962. The summed E-state index contributed by atoms with van der Waals surface area (Å²) in [6.07, 6.45) is 8.43. The van der Waals surface area contributed by atoms with Gasteiger partial charge >= 0.3 is 5.97 Å². The van der Waals surface area contributed by atoms with Crippen molar-refractivity contribution in [3.8, 4) is 0 Å². The summed E-state index contributed by atoms with van der Waals surface area (Å²) in [6, 6.07) is 1.56. The number of pyridine rings is 1. The van der Waals surface area contributed by atoms with Gasteiger partial charge in [0.15, 0.2) is 0 Å².